The van der Waals surface area contributed by atoms with E-state index >= 15 is 0 Å². The molecule has 0 aromatic rings. The van der Waals surface area contributed by atoms with Gasteiger partial charge in [-0.15, -0.1) is 6.58 Å². The molecule has 0 rings (SSSR count). The zero-order chi connectivity index (χ0) is 8.69. The normalized spacial score (nSPS) is 10.0. The predicted molar refractivity (Wildman–Crippen MR) is 45.2 cm³/mol. The summed E-state index contributed by atoms with van der Waals surface area (Å²) in [5.74, 6) is -0.299. The number of ether oxygens (including phenoxy) is 1. The second-order valence-corrected chi connectivity index (χ2v) is 2.42. The molecule has 0 unspecified atom stereocenters. The van der Waals surface area contributed by atoms with Crippen molar-refractivity contribution >= 4 is 5.97 Å². The molecular weight excluding hydrogens is 140 g/mol. The van der Waals surface area contributed by atoms with Crippen molar-refractivity contribution in [3.05, 3.63) is 24.3 Å². The zero-order valence-electron chi connectivity index (χ0n) is 7.09. The van der Waals surface area contributed by atoms with Crippen LogP contribution in [0.25, 0.3) is 0 Å². The fourth-order valence-corrected chi connectivity index (χ4v) is 0.577. The summed E-state index contributed by atoms with van der Waals surface area (Å²) in [5.41, 5.74) is 1.12. The highest BCUT2D eigenvalue weighted by molar-refractivity contribution is 5.81. The van der Waals surface area contributed by atoms with Gasteiger partial charge in [-0.2, -0.15) is 0 Å². The van der Waals surface area contributed by atoms with E-state index in [0.29, 0.717) is 0 Å². The number of methoxy groups -OCH3 is 1. The minimum absolute atomic E-state index is 0.299. The number of hydrogen-bond acceptors (Lipinski definition) is 2. The van der Waals surface area contributed by atoms with Crippen LogP contribution < -0.4 is 0 Å². The highest BCUT2D eigenvalue weighted by atomic mass is 16.5. The third kappa shape index (κ3) is 6.84. The summed E-state index contributed by atoms with van der Waals surface area (Å²) in [6.07, 6.45) is 5.00. The Morgan fingerprint density at radius 2 is 2.27 bits per heavy atom. The van der Waals surface area contributed by atoms with Gasteiger partial charge < -0.3 is 4.74 Å². The van der Waals surface area contributed by atoms with Crippen LogP contribution in [0.4, 0.5) is 0 Å². The standard InChI is InChI=1S/C9H14O2/c1-8(2)6-4-5-7-9(10)11-3/h5,7H,1,4,6H2,2-3H3/b7-5+. The Morgan fingerprint density at radius 1 is 1.64 bits per heavy atom. The third-order valence-corrected chi connectivity index (χ3v) is 1.19. The molecule has 0 aromatic carbocycles. The molecule has 0 aliphatic heterocycles. The van der Waals surface area contributed by atoms with Gasteiger partial charge in [0.05, 0.1) is 7.11 Å². The summed E-state index contributed by atoms with van der Waals surface area (Å²) in [4.78, 5) is 10.5. The van der Waals surface area contributed by atoms with E-state index in [1.54, 1.807) is 6.08 Å². The Kier molecular flexibility index (Phi) is 5.17. The van der Waals surface area contributed by atoms with Crippen LogP contribution in [-0.2, 0) is 9.53 Å². The zero-order valence-corrected chi connectivity index (χ0v) is 7.09. The quantitative estimate of drug-likeness (QED) is 0.352. The maximum Gasteiger partial charge on any atom is 0.330 e. The van der Waals surface area contributed by atoms with Crippen LogP contribution in [0.5, 0.6) is 0 Å². The fourth-order valence-electron chi connectivity index (χ4n) is 0.577. The molecule has 2 heteroatoms. The first-order valence-electron chi connectivity index (χ1n) is 3.55. The Labute approximate surface area is 67.6 Å². The smallest absolute Gasteiger partial charge is 0.330 e. The van der Waals surface area contributed by atoms with Gasteiger partial charge in [0.2, 0.25) is 0 Å². The molecule has 0 radical (unpaired) electrons. The molecule has 0 saturated carbocycles. The lowest BCUT2D eigenvalue weighted by molar-refractivity contribution is -0.134. The van der Waals surface area contributed by atoms with E-state index in [9.17, 15) is 4.79 Å². The Bertz CT molecular complexity index is 168. The van der Waals surface area contributed by atoms with Crippen molar-refractivity contribution in [3.63, 3.8) is 0 Å². The van der Waals surface area contributed by atoms with Crippen molar-refractivity contribution in [1.29, 1.82) is 0 Å². The maximum atomic E-state index is 10.5. The van der Waals surface area contributed by atoms with E-state index in [1.807, 2.05) is 6.92 Å². The van der Waals surface area contributed by atoms with Crippen LogP contribution in [0.15, 0.2) is 24.3 Å². The molecule has 0 aliphatic rings. The minimum Gasteiger partial charge on any atom is -0.466 e. The van der Waals surface area contributed by atoms with Gasteiger partial charge in [-0.25, -0.2) is 4.79 Å². The second-order valence-electron chi connectivity index (χ2n) is 2.42. The number of carbonyl (C=O) groups is 1. The molecule has 2 nitrogen and oxygen atoms in total. The molecule has 11 heavy (non-hydrogen) atoms. The van der Waals surface area contributed by atoms with Gasteiger partial charge in [-0.3, -0.25) is 0 Å². The van der Waals surface area contributed by atoms with Crippen molar-refractivity contribution in [3.8, 4) is 0 Å². The molecule has 0 aromatic heterocycles. The van der Waals surface area contributed by atoms with Gasteiger partial charge in [-0.05, 0) is 19.8 Å². The maximum absolute atomic E-state index is 10.5. The lowest BCUT2D eigenvalue weighted by Gasteiger charge is -1.92. The Hall–Kier alpha value is -1.05. The van der Waals surface area contributed by atoms with Gasteiger partial charge in [0.15, 0.2) is 0 Å². The summed E-state index contributed by atoms with van der Waals surface area (Å²) in [7, 11) is 1.37. The molecule has 0 saturated heterocycles. The summed E-state index contributed by atoms with van der Waals surface area (Å²) >= 11 is 0. The highest BCUT2D eigenvalue weighted by Crippen LogP contribution is 2.00. The average Bonchev–Trinajstić information content (AvgIpc) is 1.97. The predicted octanol–water partition coefficient (Wildman–Crippen LogP) is 2.07. The first-order chi connectivity index (χ1) is 5.16. The van der Waals surface area contributed by atoms with Gasteiger partial charge in [0.1, 0.15) is 0 Å². The van der Waals surface area contributed by atoms with Crippen molar-refractivity contribution in [2.45, 2.75) is 19.8 Å². The van der Waals surface area contributed by atoms with Crippen LogP contribution >= 0.6 is 0 Å². The number of allylic oxidation sites excluding steroid dienone is 2. The molecule has 0 fully saturated rings. The minimum atomic E-state index is -0.299. The van der Waals surface area contributed by atoms with Gasteiger partial charge in [0.25, 0.3) is 0 Å². The van der Waals surface area contributed by atoms with Crippen molar-refractivity contribution in [2.24, 2.45) is 0 Å². The number of esters is 1. The van der Waals surface area contributed by atoms with E-state index < -0.39 is 0 Å². The lowest BCUT2D eigenvalue weighted by atomic mass is 10.2. The number of rotatable bonds is 4. The fraction of sp³-hybridized carbons (Fsp3) is 0.444. The van der Waals surface area contributed by atoms with Gasteiger partial charge in [0, 0.05) is 6.08 Å². The lowest BCUT2D eigenvalue weighted by Crippen LogP contribution is -1.93. The van der Waals surface area contributed by atoms with Crippen LogP contribution in [-0.4, -0.2) is 13.1 Å². The van der Waals surface area contributed by atoms with Crippen molar-refractivity contribution in [2.75, 3.05) is 7.11 Å². The van der Waals surface area contributed by atoms with Crippen LogP contribution in [0, 0.1) is 0 Å². The second kappa shape index (κ2) is 5.71. The summed E-state index contributed by atoms with van der Waals surface area (Å²) in [5, 5.41) is 0. The molecule has 0 N–H and O–H groups in total. The van der Waals surface area contributed by atoms with Crippen molar-refractivity contribution in [1.82, 2.24) is 0 Å². The third-order valence-electron chi connectivity index (χ3n) is 1.19. The molecular formula is C9H14O2. The topological polar surface area (TPSA) is 26.3 Å². The summed E-state index contributed by atoms with van der Waals surface area (Å²) < 4.78 is 4.41. The molecule has 0 amide bonds. The van der Waals surface area contributed by atoms with E-state index in [2.05, 4.69) is 11.3 Å². The SMILES string of the molecule is C=C(C)CC/C=C/C(=O)OC. The summed E-state index contributed by atoms with van der Waals surface area (Å²) in [6.45, 7) is 5.71. The molecule has 0 heterocycles. The van der Waals surface area contributed by atoms with Crippen molar-refractivity contribution < 1.29 is 9.53 Å². The van der Waals surface area contributed by atoms with Gasteiger partial charge in [-0.1, -0.05) is 11.6 Å². The molecule has 62 valence electrons. The molecule has 0 spiro atoms. The highest BCUT2D eigenvalue weighted by Gasteiger charge is 1.89. The largest absolute Gasteiger partial charge is 0.466 e. The van der Waals surface area contributed by atoms with Crippen LogP contribution in [0.2, 0.25) is 0 Å². The molecule has 0 bridgehead atoms. The van der Waals surface area contributed by atoms with E-state index in [0.717, 1.165) is 18.4 Å². The summed E-state index contributed by atoms with van der Waals surface area (Å²) in [6, 6.07) is 0. The Balaban J connectivity index is 3.45. The first-order valence-corrected chi connectivity index (χ1v) is 3.55. The molecule has 0 atom stereocenters. The van der Waals surface area contributed by atoms with Gasteiger partial charge >= 0.3 is 5.97 Å². The number of hydrogen-bond donors (Lipinski definition) is 0. The molecule has 0 aliphatic carbocycles. The van der Waals surface area contributed by atoms with E-state index in [-0.39, 0.29) is 5.97 Å². The van der Waals surface area contributed by atoms with Crippen LogP contribution in [0.1, 0.15) is 19.8 Å². The van der Waals surface area contributed by atoms with Crippen LogP contribution in [0.3, 0.4) is 0 Å². The first kappa shape index (κ1) is 9.95. The van der Waals surface area contributed by atoms with E-state index in [1.165, 1.54) is 13.2 Å². The monoisotopic (exact) mass is 154 g/mol. The number of carbonyl (C=O) groups excluding carboxylic acids is 1. The average molecular weight is 154 g/mol. The Morgan fingerprint density at radius 3 is 2.73 bits per heavy atom. The van der Waals surface area contributed by atoms with E-state index in [4.69, 9.17) is 0 Å².